The monoisotopic (exact) mass is 83.0 g/mol. The van der Waals surface area contributed by atoms with Gasteiger partial charge in [-0.25, -0.2) is 0 Å². The van der Waals surface area contributed by atoms with E-state index in [1.165, 1.54) is 0 Å². The first-order valence-electron chi connectivity index (χ1n) is 0.258. The van der Waals surface area contributed by atoms with Crippen LogP contribution in [0, 0.1) is 5.16 Å². The minimum Gasteiger partial charge on any atom is -0.870 e. The maximum Gasteiger partial charge on any atom is 2.00 e. The fourth-order valence-corrected chi connectivity index (χ4v) is 0. The molecule has 0 amide bonds. The minimum absolute atomic E-state index is 0. The van der Waals surface area contributed by atoms with Crippen molar-refractivity contribution in [2.75, 3.05) is 0 Å². The van der Waals surface area contributed by atoms with E-state index in [0.717, 1.165) is 0 Å². The van der Waals surface area contributed by atoms with E-state index in [0.29, 0.717) is 0 Å². The van der Waals surface area contributed by atoms with Crippen molar-refractivity contribution in [3.8, 4) is 0 Å². The quantitative estimate of drug-likeness (QED) is 0.348. The van der Waals surface area contributed by atoms with Crippen LogP contribution >= 0.6 is 0 Å². The molecule has 0 spiro atoms. The largest absolute Gasteiger partial charge is 2.00 e. The van der Waals surface area contributed by atoms with Crippen LogP contribution in [0.5, 0.6) is 0 Å². The van der Waals surface area contributed by atoms with Crippen LogP contribution in [0.3, 0.4) is 0 Å². The first kappa shape index (κ1) is 50.9. The SMILES string of the molecule is B#N.[Mg+2].[OH-].[OH-]. The molecule has 0 aliphatic heterocycles. The van der Waals surface area contributed by atoms with Crippen molar-refractivity contribution in [3.63, 3.8) is 0 Å². The van der Waals surface area contributed by atoms with E-state index in [-0.39, 0.29) is 34.0 Å². The average molecular weight is 83.1 g/mol. The Morgan fingerprint density at radius 1 is 1.00 bits per heavy atom. The van der Waals surface area contributed by atoms with Gasteiger partial charge in [-0.1, -0.05) is 0 Å². The molecule has 0 rings (SSSR count). The molecule has 0 unspecified atom stereocenters. The third kappa shape index (κ3) is 127. The molecule has 3 nitrogen and oxygen atoms in total. The zero-order chi connectivity index (χ0) is 2.00. The maximum absolute atomic E-state index is 6.50. The minimum atomic E-state index is 0. The van der Waals surface area contributed by atoms with Crippen LogP contribution in [-0.4, -0.2) is 41.5 Å². The summed E-state index contributed by atoms with van der Waals surface area (Å²) in [6.07, 6.45) is 0. The summed E-state index contributed by atoms with van der Waals surface area (Å²) < 4.78 is 0. The number of nitrogens with zero attached hydrogens (tertiary/aromatic N) is 1. The van der Waals surface area contributed by atoms with E-state index in [4.69, 9.17) is 5.16 Å². The van der Waals surface area contributed by atoms with Crippen molar-refractivity contribution in [2.45, 2.75) is 0 Å². The van der Waals surface area contributed by atoms with Crippen LogP contribution in [0.25, 0.3) is 0 Å². The Morgan fingerprint density at radius 2 is 1.00 bits per heavy atom. The van der Waals surface area contributed by atoms with Gasteiger partial charge in [0, 0.05) is 0 Å². The van der Waals surface area contributed by atoms with Gasteiger partial charge in [-0.3, -0.25) is 0 Å². The van der Waals surface area contributed by atoms with Crippen molar-refractivity contribution in [1.29, 1.82) is 5.16 Å². The molecule has 0 fully saturated rings. The fourth-order valence-electron chi connectivity index (χ4n) is 0. The second kappa shape index (κ2) is 251. The number of hydrogen-bond acceptors (Lipinski definition) is 3. The van der Waals surface area contributed by atoms with Gasteiger partial charge < -0.3 is 11.0 Å². The van der Waals surface area contributed by atoms with Gasteiger partial charge in [-0.15, -0.1) is 0 Å². The Hall–Kier alpha value is 0.461. The molecule has 2 N–H and O–H groups in total. The van der Waals surface area contributed by atoms with E-state index >= 15 is 0 Å². The average Bonchev–Trinajstić information content (AvgIpc) is 1.00. The van der Waals surface area contributed by atoms with Crippen LogP contribution in [-0.2, 0) is 0 Å². The van der Waals surface area contributed by atoms with E-state index < -0.39 is 0 Å². The third-order valence-corrected chi connectivity index (χ3v) is 0. The summed E-state index contributed by atoms with van der Waals surface area (Å²) in [5.41, 5.74) is 0. The van der Waals surface area contributed by atoms with Gasteiger partial charge >= 0.3 is 35.7 Å². The van der Waals surface area contributed by atoms with E-state index in [9.17, 15) is 0 Å². The maximum atomic E-state index is 6.50. The van der Waals surface area contributed by atoms with Crippen LogP contribution in [0.4, 0.5) is 0 Å². The Kier molecular flexibility index (Phi) is 2560. The molecule has 0 aliphatic rings. The first-order chi connectivity index (χ1) is 1.00. The molecule has 0 aromatic rings. The summed E-state index contributed by atoms with van der Waals surface area (Å²) in [5.74, 6) is 0. The van der Waals surface area contributed by atoms with Crippen LogP contribution < -0.4 is 0 Å². The van der Waals surface area contributed by atoms with Crippen LogP contribution in [0.1, 0.15) is 0 Å². The van der Waals surface area contributed by atoms with Gasteiger partial charge in [0.1, 0.15) is 0 Å². The van der Waals surface area contributed by atoms with Gasteiger partial charge in [-0.05, 0) is 0 Å². The van der Waals surface area contributed by atoms with E-state index in [2.05, 4.69) is 7.49 Å². The normalized spacial score (nSPS) is 1.00. The summed E-state index contributed by atoms with van der Waals surface area (Å²) in [6, 6.07) is 0. The van der Waals surface area contributed by atoms with Crippen molar-refractivity contribution in [2.24, 2.45) is 0 Å². The molecule has 0 radical (unpaired) electrons. The first-order valence-corrected chi connectivity index (χ1v) is 0.258. The van der Waals surface area contributed by atoms with Gasteiger partial charge in [0.25, 0.3) is 0 Å². The van der Waals surface area contributed by atoms with Crippen molar-refractivity contribution in [3.05, 3.63) is 0 Å². The summed E-state index contributed by atoms with van der Waals surface area (Å²) in [5, 5.41) is 6.50. The molecule has 0 aliphatic carbocycles. The molecule has 0 atom stereocenters. The van der Waals surface area contributed by atoms with Crippen LogP contribution in [0.2, 0.25) is 0 Å². The van der Waals surface area contributed by atoms with Gasteiger partial charge in [0.15, 0.2) is 0 Å². The predicted octanol–water partition coefficient (Wildman–Crippen LogP) is -1.10. The zero-order valence-electron chi connectivity index (χ0n) is 2.63. The molecule has 0 aromatic carbocycles. The zero-order valence-corrected chi connectivity index (χ0v) is 4.04. The standard InChI is InChI=1S/BN.Mg.2H2O/c1-2;;;/h;;2*1H2/q;+2;;/p-2. The topological polar surface area (TPSA) is 83.8 Å². The molecule has 0 saturated heterocycles. The Bertz CT molecular complexity index is 14.4. The predicted molar refractivity (Wildman–Crippen MR) is 17.1 cm³/mol. The Labute approximate surface area is 47.1 Å². The Balaban J connectivity index is -0.00000000167. The molecule has 0 bridgehead atoms. The van der Waals surface area contributed by atoms with E-state index in [1.54, 1.807) is 0 Å². The summed E-state index contributed by atoms with van der Waals surface area (Å²) in [6.45, 7) is 0. The second-order valence-corrected chi connectivity index (χ2v) is 0. The van der Waals surface area contributed by atoms with Gasteiger partial charge in [-0.2, -0.15) is 0 Å². The molecule has 0 aromatic heterocycles. The van der Waals surface area contributed by atoms with Gasteiger partial charge in [0.2, 0.25) is 0 Å². The molecule has 24 valence electrons. The van der Waals surface area contributed by atoms with Crippen LogP contribution in [0.15, 0.2) is 0 Å². The van der Waals surface area contributed by atoms with Crippen molar-refractivity contribution in [1.82, 2.24) is 0 Å². The molecular formula is H2BMgNO2. The number of hydrogen-bond donors (Lipinski definition) is 0. The molecular weight excluding hydrogens is 81.1 g/mol. The molecule has 0 saturated carbocycles. The second-order valence-electron chi connectivity index (χ2n) is 0. The molecule has 5 heavy (non-hydrogen) atoms. The fraction of sp³-hybridized carbons (Fsp3) is 0. The number of rotatable bonds is 0. The summed E-state index contributed by atoms with van der Waals surface area (Å²) in [7, 11) is 3.50. The molecule has 0 heterocycles. The third-order valence-electron chi connectivity index (χ3n) is 0. The van der Waals surface area contributed by atoms with E-state index in [1.807, 2.05) is 0 Å². The summed E-state index contributed by atoms with van der Waals surface area (Å²) in [4.78, 5) is 0. The van der Waals surface area contributed by atoms with Gasteiger partial charge in [0.05, 0.1) is 0 Å². The Morgan fingerprint density at radius 3 is 1.00 bits per heavy atom. The molecule has 5 heteroatoms. The van der Waals surface area contributed by atoms with Crippen molar-refractivity contribution >= 4 is 30.5 Å². The summed E-state index contributed by atoms with van der Waals surface area (Å²) >= 11 is 0. The van der Waals surface area contributed by atoms with Crippen molar-refractivity contribution < 1.29 is 11.0 Å². The smallest absolute Gasteiger partial charge is 0.870 e.